The first-order chi connectivity index (χ1) is 10.7. The van der Waals surface area contributed by atoms with Gasteiger partial charge in [-0.3, -0.25) is 4.79 Å². The maximum Gasteiger partial charge on any atom is 0.251 e. The zero-order chi connectivity index (χ0) is 15.4. The first kappa shape index (κ1) is 14.1. The number of nitrogens with one attached hydrogen (secondary N) is 1. The smallest absolute Gasteiger partial charge is 0.251 e. The Labute approximate surface area is 129 Å². The van der Waals surface area contributed by atoms with Crippen molar-refractivity contribution in [2.24, 2.45) is 0 Å². The summed E-state index contributed by atoms with van der Waals surface area (Å²) in [5.41, 5.74) is 3.88. The van der Waals surface area contributed by atoms with Crippen LogP contribution in [0.15, 0.2) is 67.3 Å². The summed E-state index contributed by atoms with van der Waals surface area (Å²) in [5, 5.41) is 2.94. The zero-order valence-electron chi connectivity index (χ0n) is 12.4. The molecular weight excluding hydrogens is 274 g/mol. The van der Waals surface area contributed by atoms with Crippen molar-refractivity contribution in [3.63, 3.8) is 0 Å². The fourth-order valence-electron chi connectivity index (χ4n) is 2.27. The van der Waals surface area contributed by atoms with Crippen LogP contribution in [0.2, 0.25) is 0 Å². The third-order valence-corrected chi connectivity index (χ3v) is 3.47. The lowest BCUT2D eigenvalue weighted by atomic mass is 10.1. The van der Waals surface area contributed by atoms with E-state index in [0.717, 1.165) is 16.8 Å². The molecule has 0 fully saturated rings. The lowest BCUT2D eigenvalue weighted by Gasteiger charge is -2.07. The number of nitrogens with zero attached hydrogens (tertiary/aromatic N) is 2. The minimum absolute atomic E-state index is 0.0533. The molecule has 0 radical (unpaired) electrons. The number of carbonyl (C=O) groups is 1. The van der Waals surface area contributed by atoms with E-state index in [4.69, 9.17) is 0 Å². The third-order valence-electron chi connectivity index (χ3n) is 3.47. The molecule has 0 atom stereocenters. The van der Waals surface area contributed by atoms with Gasteiger partial charge in [0.15, 0.2) is 0 Å². The van der Waals surface area contributed by atoms with E-state index >= 15 is 0 Å². The second kappa shape index (κ2) is 6.26. The molecular formula is C18H17N3O. The molecule has 1 N–H and O–H groups in total. The van der Waals surface area contributed by atoms with E-state index in [0.29, 0.717) is 12.1 Å². The highest BCUT2D eigenvalue weighted by molar-refractivity contribution is 5.94. The normalized spacial score (nSPS) is 10.4. The van der Waals surface area contributed by atoms with Crippen molar-refractivity contribution in [2.45, 2.75) is 13.5 Å². The number of amides is 1. The Morgan fingerprint density at radius 3 is 2.68 bits per heavy atom. The average Bonchev–Trinajstić information content (AvgIpc) is 3.07. The first-order valence-electron chi connectivity index (χ1n) is 7.14. The van der Waals surface area contributed by atoms with Gasteiger partial charge < -0.3 is 9.88 Å². The van der Waals surface area contributed by atoms with Crippen molar-refractivity contribution < 1.29 is 4.79 Å². The van der Waals surface area contributed by atoms with Crippen LogP contribution >= 0.6 is 0 Å². The molecule has 110 valence electrons. The second-order valence-electron chi connectivity index (χ2n) is 5.19. The maximum atomic E-state index is 12.1. The lowest BCUT2D eigenvalue weighted by molar-refractivity contribution is 0.0951. The Bertz CT molecular complexity index is 761. The summed E-state index contributed by atoms with van der Waals surface area (Å²) < 4.78 is 1.94. The summed E-state index contributed by atoms with van der Waals surface area (Å²) >= 11 is 0. The van der Waals surface area contributed by atoms with E-state index in [9.17, 15) is 4.79 Å². The van der Waals surface area contributed by atoms with Crippen LogP contribution in [0.25, 0.3) is 5.69 Å². The van der Waals surface area contributed by atoms with Crippen molar-refractivity contribution in [1.29, 1.82) is 0 Å². The molecule has 0 spiro atoms. The zero-order valence-corrected chi connectivity index (χ0v) is 12.4. The van der Waals surface area contributed by atoms with E-state index in [2.05, 4.69) is 10.3 Å². The van der Waals surface area contributed by atoms with E-state index < -0.39 is 0 Å². The van der Waals surface area contributed by atoms with Gasteiger partial charge in [-0.15, -0.1) is 0 Å². The van der Waals surface area contributed by atoms with Crippen LogP contribution in [0.3, 0.4) is 0 Å². The van der Waals surface area contributed by atoms with Crippen LogP contribution in [0.1, 0.15) is 21.5 Å². The number of rotatable bonds is 4. The molecule has 3 aromatic rings. The van der Waals surface area contributed by atoms with E-state index in [1.165, 1.54) is 0 Å². The Kier molecular flexibility index (Phi) is 4.01. The standard InChI is InChI=1S/C18H17N3O/c1-14-3-2-4-16(11-14)18(22)20-12-15-5-7-17(8-6-15)21-10-9-19-13-21/h2-11,13H,12H2,1H3,(H,20,22). The molecule has 0 saturated carbocycles. The minimum atomic E-state index is -0.0533. The summed E-state index contributed by atoms with van der Waals surface area (Å²) in [6.07, 6.45) is 5.40. The Morgan fingerprint density at radius 1 is 1.18 bits per heavy atom. The molecule has 1 amide bonds. The van der Waals surface area contributed by atoms with Crippen LogP contribution in [0.4, 0.5) is 0 Å². The summed E-state index contributed by atoms with van der Waals surface area (Å²) in [6.45, 7) is 2.49. The van der Waals surface area contributed by atoms with Crippen LogP contribution in [-0.4, -0.2) is 15.5 Å². The predicted molar refractivity (Wildman–Crippen MR) is 85.9 cm³/mol. The van der Waals surface area contributed by atoms with E-state index in [1.807, 2.05) is 66.2 Å². The molecule has 4 nitrogen and oxygen atoms in total. The van der Waals surface area contributed by atoms with Crippen molar-refractivity contribution in [1.82, 2.24) is 14.9 Å². The minimum Gasteiger partial charge on any atom is -0.348 e. The molecule has 0 unspecified atom stereocenters. The molecule has 0 bridgehead atoms. The molecule has 0 aliphatic carbocycles. The highest BCUT2D eigenvalue weighted by atomic mass is 16.1. The van der Waals surface area contributed by atoms with Gasteiger partial charge in [-0.2, -0.15) is 0 Å². The lowest BCUT2D eigenvalue weighted by Crippen LogP contribution is -2.22. The van der Waals surface area contributed by atoms with Gasteiger partial charge in [0.1, 0.15) is 0 Å². The molecule has 0 aliphatic heterocycles. The highest BCUT2D eigenvalue weighted by Crippen LogP contribution is 2.10. The summed E-state index contributed by atoms with van der Waals surface area (Å²) in [7, 11) is 0. The number of aryl methyl sites for hydroxylation is 1. The fraction of sp³-hybridized carbons (Fsp3) is 0.111. The Morgan fingerprint density at radius 2 is 2.00 bits per heavy atom. The van der Waals surface area contributed by atoms with Crippen LogP contribution < -0.4 is 5.32 Å². The number of benzene rings is 2. The number of aromatic nitrogens is 2. The van der Waals surface area contributed by atoms with Crippen molar-refractivity contribution in [2.75, 3.05) is 0 Å². The molecule has 0 saturated heterocycles. The van der Waals surface area contributed by atoms with Gasteiger partial charge in [0.05, 0.1) is 6.33 Å². The monoisotopic (exact) mass is 291 g/mol. The Balaban J connectivity index is 1.63. The van der Waals surface area contributed by atoms with Gasteiger partial charge in [-0.25, -0.2) is 4.98 Å². The second-order valence-corrected chi connectivity index (χ2v) is 5.19. The largest absolute Gasteiger partial charge is 0.348 e. The molecule has 4 heteroatoms. The molecule has 2 aromatic carbocycles. The van der Waals surface area contributed by atoms with E-state index in [1.54, 1.807) is 12.5 Å². The summed E-state index contributed by atoms with van der Waals surface area (Å²) in [6, 6.07) is 15.6. The van der Waals surface area contributed by atoms with Gasteiger partial charge in [0, 0.05) is 30.2 Å². The van der Waals surface area contributed by atoms with Gasteiger partial charge >= 0.3 is 0 Å². The molecule has 1 heterocycles. The predicted octanol–water partition coefficient (Wildman–Crippen LogP) is 3.11. The topological polar surface area (TPSA) is 46.9 Å². The maximum absolute atomic E-state index is 12.1. The first-order valence-corrected chi connectivity index (χ1v) is 7.14. The molecule has 1 aromatic heterocycles. The van der Waals surface area contributed by atoms with Crippen molar-refractivity contribution in [3.8, 4) is 5.69 Å². The van der Waals surface area contributed by atoms with Crippen molar-refractivity contribution >= 4 is 5.91 Å². The molecule has 22 heavy (non-hydrogen) atoms. The van der Waals surface area contributed by atoms with Gasteiger partial charge in [-0.1, -0.05) is 29.8 Å². The number of carbonyl (C=O) groups excluding carboxylic acids is 1. The van der Waals surface area contributed by atoms with Gasteiger partial charge in [0.2, 0.25) is 0 Å². The van der Waals surface area contributed by atoms with Crippen LogP contribution in [0.5, 0.6) is 0 Å². The third kappa shape index (κ3) is 3.23. The highest BCUT2D eigenvalue weighted by Gasteiger charge is 2.05. The number of hydrogen-bond acceptors (Lipinski definition) is 2. The Hall–Kier alpha value is -2.88. The van der Waals surface area contributed by atoms with E-state index in [-0.39, 0.29) is 5.91 Å². The fourth-order valence-corrected chi connectivity index (χ4v) is 2.27. The average molecular weight is 291 g/mol. The van der Waals surface area contributed by atoms with Crippen LogP contribution in [0, 0.1) is 6.92 Å². The molecule has 3 rings (SSSR count). The number of imidazole rings is 1. The summed E-state index contributed by atoms with van der Waals surface area (Å²) in [5.74, 6) is -0.0533. The quantitative estimate of drug-likeness (QED) is 0.803. The SMILES string of the molecule is Cc1cccc(C(=O)NCc2ccc(-n3ccnc3)cc2)c1. The van der Waals surface area contributed by atoms with Gasteiger partial charge in [-0.05, 0) is 36.8 Å². The molecule has 0 aliphatic rings. The summed E-state index contributed by atoms with van der Waals surface area (Å²) in [4.78, 5) is 16.1. The number of hydrogen-bond donors (Lipinski definition) is 1. The van der Waals surface area contributed by atoms with Crippen molar-refractivity contribution in [3.05, 3.63) is 83.9 Å². The van der Waals surface area contributed by atoms with Crippen LogP contribution in [-0.2, 0) is 6.54 Å². The van der Waals surface area contributed by atoms with Gasteiger partial charge in [0.25, 0.3) is 5.91 Å².